The number of hydrogen-bond donors (Lipinski definition) is 1. The highest BCUT2D eigenvalue weighted by Crippen LogP contribution is 2.33. The number of ether oxygens (including phenoxy) is 2. The zero-order valence-corrected chi connectivity index (χ0v) is 18.4. The first-order valence-electron chi connectivity index (χ1n) is 11.0. The summed E-state index contributed by atoms with van der Waals surface area (Å²) in [5.41, 5.74) is 1.82. The van der Waals surface area contributed by atoms with Gasteiger partial charge in [-0.15, -0.1) is 0 Å². The van der Waals surface area contributed by atoms with Crippen LogP contribution in [0, 0.1) is 0 Å². The lowest BCUT2D eigenvalue weighted by molar-refractivity contribution is -0.136. The lowest BCUT2D eigenvalue weighted by atomic mass is 10.1. The van der Waals surface area contributed by atoms with Crippen molar-refractivity contribution in [2.75, 3.05) is 26.3 Å². The Labute approximate surface area is 183 Å². The van der Waals surface area contributed by atoms with Crippen LogP contribution in [0.15, 0.2) is 30.5 Å². The molecule has 0 unspecified atom stereocenters. The lowest BCUT2D eigenvalue weighted by Gasteiger charge is -2.24. The maximum atomic E-state index is 13.1. The molecule has 1 aliphatic rings. The Hall–Kier alpha value is -3.03. The van der Waals surface area contributed by atoms with Crippen LogP contribution in [0.4, 0.5) is 0 Å². The van der Waals surface area contributed by atoms with Gasteiger partial charge in [-0.2, -0.15) is 5.10 Å². The molecular formula is C23H32N4O4. The Morgan fingerprint density at radius 1 is 1.23 bits per heavy atom. The Kier molecular flexibility index (Phi) is 8.32. The number of fused-ring (bicyclic) bond motifs is 1. The number of hydrogen-bond acceptors (Lipinski definition) is 5. The second-order valence-electron chi connectivity index (χ2n) is 7.63. The number of nitrogens with zero attached hydrogens (tertiary/aromatic N) is 3. The summed E-state index contributed by atoms with van der Waals surface area (Å²) < 4.78 is 13.6. The molecule has 0 saturated heterocycles. The van der Waals surface area contributed by atoms with Crippen molar-refractivity contribution >= 4 is 11.8 Å². The van der Waals surface area contributed by atoms with E-state index in [1.165, 1.54) is 0 Å². The summed E-state index contributed by atoms with van der Waals surface area (Å²) in [5.74, 6) is 1.10. The highest BCUT2D eigenvalue weighted by molar-refractivity contribution is 5.85. The largest absolute Gasteiger partial charge is 0.490 e. The van der Waals surface area contributed by atoms with Gasteiger partial charge in [0.2, 0.25) is 11.8 Å². The van der Waals surface area contributed by atoms with Gasteiger partial charge < -0.3 is 19.7 Å². The molecule has 2 aromatic rings. The molecule has 2 amide bonds. The molecule has 1 aromatic heterocycles. The zero-order chi connectivity index (χ0) is 22.1. The van der Waals surface area contributed by atoms with E-state index in [0.29, 0.717) is 44.1 Å². The summed E-state index contributed by atoms with van der Waals surface area (Å²) in [7, 11) is 1.86. The molecule has 168 valence electrons. The number of rotatable bonds is 5. The normalized spacial score (nSPS) is 15.5. The number of para-hydroxylation sites is 1. The third-order valence-electron chi connectivity index (χ3n) is 5.32. The van der Waals surface area contributed by atoms with Crippen LogP contribution in [-0.2, 0) is 29.6 Å². The topological polar surface area (TPSA) is 85.7 Å². The van der Waals surface area contributed by atoms with Crippen molar-refractivity contribution in [2.24, 2.45) is 7.05 Å². The highest BCUT2D eigenvalue weighted by atomic mass is 16.5. The summed E-state index contributed by atoms with van der Waals surface area (Å²) in [4.78, 5) is 27.2. The van der Waals surface area contributed by atoms with Crippen molar-refractivity contribution in [3.05, 3.63) is 41.7 Å². The van der Waals surface area contributed by atoms with Crippen LogP contribution in [0.5, 0.6) is 11.5 Å². The minimum Gasteiger partial charge on any atom is -0.490 e. The molecule has 0 spiro atoms. The standard InChI is InChI=1S/C23H32N4O4/c1-3-30-20-9-7-8-18-16-27(22(29)11-10-19-12-14-25-26(19)2)17-21(28)24-13-5-4-6-15-31-23(18)20/h7-9,12,14H,3-6,10-11,13,15-17H2,1-2H3,(H,24,28). The van der Waals surface area contributed by atoms with Crippen molar-refractivity contribution in [1.82, 2.24) is 20.0 Å². The van der Waals surface area contributed by atoms with E-state index in [4.69, 9.17) is 9.47 Å². The zero-order valence-electron chi connectivity index (χ0n) is 18.4. The van der Waals surface area contributed by atoms with E-state index in [-0.39, 0.29) is 24.9 Å². The van der Waals surface area contributed by atoms with Crippen molar-refractivity contribution in [3.63, 3.8) is 0 Å². The van der Waals surface area contributed by atoms with Gasteiger partial charge in [-0.1, -0.05) is 12.1 Å². The molecule has 31 heavy (non-hydrogen) atoms. The molecule has 8 heteroatoms. The Bertz CT molecular complexity index is 880. The van der Waals surface area contributed by atoms with Crippen LogP contribution >= 0.6 is 0 Å². The van der Waals surface area contributed by atoms with Gasteiger partial charge in [-0.25, -0.2) is 0 Å². The molecule has 2 heterocycles. The fraction of sp³-hybridized carbons (Fsp3) is 0.522. The summed E-state index contributed by atoms with van der Waals surface area (Å²) >= 11 is 0. The van der Waals surface area contributed by atoms with Crippen molar-refractivity contribution in [3.8, 4) is 11.5 Å². The Balaban J connectivity index is 1.82. The maximum Gasteiger partial charge on any atom is 0.239 e. The average molecular weight is 429 g/mol. The molecule has 1 aliphatic heterocycles. The van der Waals surface area contributed by atoms with Crippen LogP contribution < -0.4 is 14.8 Å². The van der Waals surface area contributed by atoms with Gasteiger partial charge in [0.05, 0.1) is 19.8 Å². The summed E-state index contributed by atoms with van der Waals surface area (Å²) in [5, 5.41) is 7.08. The monoisotopic (exact) mass is 428 g/mol. The summed E-state index contributed by atoms with van der Waals surface area (Å²) in [6.45, 7) is 3.93. The number of benzene rings is 1. The molecule has 0 atom stereocenters. The molecule has 1 N–H and O–H groups in total. The Morgan fingerprint density at radius 3 is 2.87 bits per heavy atom. The number of carbonyl (C=O) groups is 2. The first kappa shape index (κ1) is 22.7. The first-order chi connectivity index (χ1) is 15.1. The minimum absolute atomic E-state index is 0.0164. The van der Waals surface area contributed by atoms with Crippen LogP contribution in [0.2, 0.25) is 0 Å². The van der Waals surface area contributed by atoms with Gasteiger partial charge in [0.25, 0.3) is 0 Å². The van der Waals surface area contributed by atoms with E-state index in [2.05, 4.69) is 10.4 Å². The number of amides is 2. The van der Waals surface area contributed by atoms with Crippen molar-refractivity contribution < 1.29 is 19.1 Å². The number of aryl methyl sites for hydroxylation is 2. The third-order valence-corrected chi connectivity index (χ3v) is 5.32. The van der Waals surface area contributed by atoms with E-state index >= 15 is 0 Å². The molecule has 0 fully saturated rings. The number of carbonyl (C=O) groups excluding carboxylic acids is 2. The molecular weight excluding hydrogens is 396 g/mol. The molecule has 1 aromatic carbocycles. The smallest absolute Gasteiger partial charge is 0.239 e. The third kappa shape index (κ3) is 6.47. The SMILES string of the molecule is CCOc1cccc2c1OCCCCCNC(=O)CN(C(=O)CCc1ccnn1C)C2. The van der Waals surface area contributed by atoms with Gasteiger partial charge in [0.1, 0.15) is 0 Å². The number of nitrogens with one attached hydrogen (secondary N) is 1. The van der Waals surface area contributed by atoms with E-state index in [1.807, 2.05) is 38.2 Å². The summed E-state index contributed by atoms with van der Waals surface area (Å²) in [6.07, 6.45) is 5.31. The van der Waals surface area contributed by atoms with E-state index in [0.717, 1.165) is 30.5 Å². The quantitative estimate of drug-likeness (QED) is 0.791. The second kappa shape index (κ2) is 11.4. The van der Waals surface area contributed by atoms with Gasteiger partial charge in [0, 0.05) is 44.0 Å². The predicted molar refractivity (Wildman–Crippen MR) is 117 cm³/mol. The second-order valence-corrected chi connectivity index (χ2v) is 7.63. The van der Waals surface area contributed by atoms with Crippen molar-refractivity contribution in [2.45, 2.75) is 45.6 Å². The van der Waals surface area contributed by atoms with Crippen LogP contribution in [-0.4, -0.2) is 52.8 Å². The average Bonchev–Trinajstić information content (AvgIpc) is 3.17. The highest BCUT2D eigenvalue weighted by Gasteiger charge is 2.21. The fourth-order valence-corrected chi connectivity index (χ4v) is 3.63. The molecule has 0 aliphatic carbocycles. The van der Waals surface area contributed by atoms with Gasteiger partial charge in [0.15, 0.2) is 11.5 Å². The molecule has 0 bridgehead atoms. The predicted octanol–water partition coefficient (Wildman–Crippen LogP) is 2.46. The Morgan fingerprint density at radius 2 is 2.10 bits per heavy atom. The maximum absolute atomic E-state index is 13.1. The summed E-state index contributed by atoms with van der Waals surface area (Å²) in [6, 6.07) is 7.60. The molecule has 3 rings (SSSR count). The van der Waals surface area contributed by atoms with Gasteiger partial charge in [-0.05, 0) is 44.7 Å². The van der Waals surface area contributed by atoms with Gasteiger partial charge >= 0.3 is 0 Å². The van der Waals surface area contributed by atoms with E-state index in [1.54, 1.807) is 15.8 Å². The lowest BCUT2D eigenvalue weighted by Crippen LogP contribution is -2.40. The van der Waals surface area contributed by atoms with Gasteiger partial charge in [-0.3, -0.25) is 14.3 Å². The van der Waals surface area contributed by atoms with Crippen LogP contribution in [0.25, 0.3) is 0 Å². The molecule has 0 radical (unpaired) electrons. The van der Waals surface area contributed by atoms with E-state index < -0.39 is 0 Å². The molecule has 8 nitrogen and oxygen atoms in total. The van der Waals surface area contributed by atoms with Crippen molar-refractivity contribution in [1.29, 1.82) is 0 Å². The van der Waals surface area contributed by atoms with E-state index in [9.17, 15) is 9.59 Å². The molecule has 0 saturated carbocycles. The number of aromatic nitrogens is 2. The fourth-order valence-electron chi connectivity index (χ4n) is 3.63. The first-order valence-corrected chi connectivity index (χ1v) is 11.0. The van der Waals surface area contributed by atoms with Crippen LogP contribution in [0.1, 0.15) is 43.9 Å². The van der Waals surface area contributed by atoms with Crippen LogP contribution in [0.3, 0.4) is 0 Å². The minimum atomic E-state index is -0.142.